The molecule has 5 atom stereocenters. The molecule has 3 rings (SSSR count). The Kier molecular flexibility index (Phi) is 7.95. The number of rotatable bonds is 8. The largest absolute Gasteiger partial charge is 0.508 e. The van der Waals surface area contributed by atoms with E-state index in [2.05, 4.69) is 0 Å². The van der Waals surface area contributed by atoms with Crippen LogP contribution in [0.15, 0.2) is 36.4 Å². The second kappa shape index (κ2) is 10.7. The zero-order valence-corrected chi connectivity index (χ0v) is 18.0. The van der Waals surface area contributed by atoms with Gasteiger partial charge in [0.1, 0.15) is 59.6 Å². The summed E-state index contributed by atoms with van der Waals surface area (Å²) in [5.74, 6) is -0.383. The summed E-state index contributed by atoms with van der Waals surface area (Å²) in [5.41, 5.74) is 0.442. The first-order valence-corrected chi connectivity index (χ1v) is 9.97. The predicted octanol–water partition coefficient (Wildman–Crippen LogP) is -0.0549. The minimum atomic E-state index is -1.62. The molecule has 2 aromatic carbocycles. The first kappa shape index (κ1) is 24.6. The normalized spacial score (nSPS) is 24.7. The first-order chi connectivity index (χ1) is 15.8. The SMILES string of the molecule is COc1cccc(OC)c1C(=O)OCc1cc(O)cc(O[C@@H]2O[C@H](CO)C(O)C(O)C2O)c1. The molecule has 0 amide bonds. The molecule has 1 aliphatic rings. The summed E-state index contributed by atoms with van der Waals surface area (Å²) in [6, 6.07) is 8.81. The summed E-state index contributed by atoms with van der Waals surface area (Å²) in [6.07, 6.45) is -7.35. The average Bonchev–Trinajstić information content (AvgIpc) is 2.81. The van der Waals surface area contributed by atoms with Gasteiger partial charge in [-0.1, -0.05) is 6.07 Å². The Morgan fingerprint density at radius 3 is 2.27 bits per heavy atom. The molecule has 1 aliphatic heterocycles. The van der Waals surface area contributed by atoms with Crippen molar-refractivity contribution in [2.75, 3.05) is 20.8 Å². The van der Waals surface area contributed by atoms with Crippen LogP contribution in [-0.4, -0.2) is 83.0 Å². The summed E-state index contributed by atoms with van der Waals surface area (Å²) in [4.78, 5) is 12.6. The van der Waals surface area contributed by atoms with Gasteiger partial charge < -0.3 is 49.2 Å². The fourth-order valence-electron chi connectivity index (χ4n) is 3.37. The molecule has 1 fully saturated rings. The van der Waals surface area contributed by atoms with Gasteiger partial charge in [-0.15, -0.1) is 0 Å². The minimum Gasteiger partial charge on any atom is -0.508 e. The van der Waals surface area contributed by atoms with Crippen molar-refractivity contribution in [3.05, 3.63) is 47.5 Å². The molecule has 0 saturated carbocycles. The Hall–Kier alpha value is -3.09. The number of esters is 1. The Morgan fingerprint density at radius 2 is 1.67 bits per heavy atom. The van der Waals surface area contributed by atoms with E-state index in [1.165, 1.54) is 32.4 Å². The van der Waals surface area contributed by atoms with Crippen molar-refractivity contribution < 1.29 is 54.0 Å². The molecule has 0 spiro atoms. The highest BCUT2D eigenvalue weighted by molar-refractivity contribution is 5.95. The van der Waals surface area contributed by atoms with Crippen LogP contribution in [0.25, 0.3) is 0 Å². The molecule has 0 bridgehead atoms. The summed E-state index contributed by atoms with van der Waals surface area (Å²) >= 11 is 0. The zero-order valence-electron chi connectivity index (χ0n) is 18.0. The maximum atomic E-state index is 12.6. The highest BCUT2D eigenvalue weighted by atomic mass is 16.7. The van der Waals surface area contributed by atoms with E-state index in [1.807, 2.05) is 0 Å². The summed E-state index contributed by atoms with van der Waals surface area (Å²) in [5, 5.41) is 49.2. The number of hydrogen-bond acceptors (Lipinski definition) is 11. The Bertz CT molecular complexity index is 939. The van der Waals surface area contributed by atoms with Crippen LogP contribution in [0.5, 0.6) is 23.0 Å². The molecule has 1 heterocycles. The predicted molar refractivity (Wildman–Crippen MR) is 111 cm³/mol. The second-order valence-corrected chi connectivity index (χ2v) is 7.26. The number of carbonyl (C=O) groups is 1. The van der Waals surface area contributed by atoms with Gasteiger partial charge in [-0.3, -0.25) is 0 Å². The third kappa shape index (κ3) is 5.46. The number of methoxy groups -OCH3 is 2. The standard InChI is InChI=1S/C22H26O11/c1-29-14-4-3-5-15(30-2)17(14)21(28)31-10-11-6-12(24)8-13(7-11)32-22-20(27)19(26)18(25)16(9-23)33-22/h3-8,16,18-20,22-27H,9-10H2,1-2H3/t16-,18?,19?,20?,22-/m1/s1. The van der Waals surface area contributed by atoms with Crippen LogP contribution >= 0.6 is 0 Å². The molecule has 2 aromatic rings. The third-order valence-corrected chi connectivity index (χ3v) is 5.05. The molecule has 5 N–H and O–H groups in total. The number of aliphatic hydroxyl groups excluding tert-OH is 4. The van der Waals surface area contributed by atoms with Crippen molar-refractivity contribution in [1.82, 2.24) is 0 Å². The van der Waals surface area contributed by atoms with E-state index >= 15 is 0 Å². The van der Waals surface area contributed by atoms with E-state index < -0.39 is 43.3 Å². The Labute approximate surface area is 189 Å². The summed E-state index contributed by atoms with van der Waals surface area (Å²) < 4.78 is 26.5. The van der Waals surface area contributed by atoms with Crippen LogP contribution in [0, 0.1) is 0 Å². The molecule has 11 heteroatoms. The van der Waals surface area contributed by atoms with Gasteiger partial charge in [-0.2, -0.15) is 0 Å². The molecule has 0 aliphatic carbocycles. The fraction of sp³-hybridized carbons (Fsp3) is 0.409. The van der Waals surface area contributed by atoms with E-state index in [9.17, 15) is 30.3 Å². The smallest absolute Gasteiger partial charge is 0.346 e. The van der Waals surface area contributed by atoms with E-state index in [-0.39, 0.29) is 35.2 Å². The number of phenolic OH excluding ortho intramolecular Hbond substituents is 1. The molecule has 0 radical (unpaired) electrons. The Balaban J connectivity index is 1.73. The monoisotopic (exact) mass is 466 g/mol. The zero-order chi connectivity index (χ0) is 24.1. The lowest BCUT2D eigenvalue weighted by molar-refractivity contribution is -0.277. The summed E-state index contributed by atoms with van der Waals surface area (Å²) in [6.45, 7) is -0.863. The molecular weight excluding hydrogens is 440 g/mol. The lowest BCUT2D eigenvalue weighted by atomic mass is 9.99. The highest BCUT2D eigenvalue weighted by Gasteiger charge is 2.44. The number of benzene rings is 2. The highest BCUT2D eigenvalue weighted by Crippen LogP contribution is 2.31. The lowest BCUT2D eigenvalue weighted by Gasteiger charge is -2.39. The number of carbonyl (C=O) groups excluding carboxylic acids is 1. The van der Waals surface area contributed by atoms with Gasteiger partial charge in [0.25, 0.3) is 0 Å². The van der Waals surface area contributed by atoms with Crippen molar-refractivity contribution in [3.63, 3.8) is 0 Å². The van der Waals surface area contributed by atoms with Crippen LogP contribution in [0.4, 0.5) is 0 Å². The lowest BCUT2D eigenvalue weighted by Crippen LogP contribution is -2.60. The van der Waals surface area contributed by atoms with E-state index in [0.29, 0.717) is 5.56 Å². The van der Waals surface area contributed by atoms with Gasteiger partial charge in [0.15, 0.2) is 0 Å². The molecule has 33 heavy (non-hydrogen) atoms. The molecule has 0 aromatic heterocycles. The van der Waals surface area contributed by atoms with E-state index in [1.54, 1.807) is 18.2 Å². The molecular formula is C22H26O11. The van der Waals surface area contributed by atoms with Crippen LogP contribution in [0.2, 0.25) is 0 Å². The van der Waals surface area contributed by atoms with Gasteiger partial charge in [0.2, 0.25) is 6.29 Å². The Morgan fingerprint density at radius 1 is 1.00 bits per heavy atom. The van der Waals surface area contributed by atoms with Crippen molar-refractivity contribution in [2.45, 2.75) is 37.3 Å². The molecule has 3 unspecified atom stereocenters. The van der Waals surface area contributed by atoms with Gasteiger partial charge in [-0.25, -0.2) is 4.79 Å². The number of aliphatic hydroxyl groups is 4. The fourth-order valence-corrected chi connectivity index (χ4v) is 3.37. The molecule has 180 valence electrons. The quantitative estimate of drug-likeness (QED) is 0.331. The van der Waals surface area contributed by atoms with Gasteiger partial charge in [0, 0.05) is 6.07 Å². The van der Waals surface area contributed by atoms with Crippen LogP contribution in [0.3, 0.4) is 0 Å². The minimum absolute atomic E-state index is 0.0280. The summed E-state index contributed by atoms with van der Waals surface area (Å²) in [7, 11) is 2.81. The molecule has 1 saturated heterocycles. The van der Waals surface area contributed by atoms with E-state index in [4.69, 9.17) is 23.7 Å². The molecule has 11 nitrogen and oxygen atoms in total. The number of phenols is 1. The van der Waals surface area contributed by atoms with Crippen LogP contribution < -0.4 is 14.2 Å². The first-order valence-electron chi connectivity index (χ1n) is 9.97. The maximum absolute atomic E-state index is 12.6. The number of hydrogen-bond donors (Lipinski definition) is 5. The number of ether oxygens (including phenoxy) is 5. The van der Waals surface area contributed by atoms with E-state index in [0.717, 1.165) is 0 Å². The maximum Gasteiger partial charge on any atom is 0.346 e. The van der Waals surface area contributed by atoms with Gasteiger partial charge in [0.05, 0.1) is 20.8 Å². The van der Waals surface area contributed by atoms with Crippen LogP contribution in [-0.2, 0) is 16.1 Å². The van der Waals surface area contributed by atoms with Crippen molar-refractivity contribution in [1.29, 1.82) is 0 Å². The second-order valence-electron chi connectivity index (χ2n) is 7.26. The van der Waals surface area contributed by atoms with Gasteiger partial charge in [-0.05, 0) is 29.8 Å². The average molecular weight is 466 g/mol. The van der Waals surface area contributed by atoms with Crippen molar-refractivity contribution >= 4 is 5.97 Å². The topological polar surface area (TPSA) is 164 Å². The van der Waals surface area contributed by atoms with Crippen molar-refractivity contribution in [2.24, 2.45) is 0 Å². The van der Waals surface area contributed by atoms with Crippen LogP contribution in [0.1, 0.15) is 15.9 Å². The third-order valence-electron chi connectivity index (χ3n) is 5.05. The van der Waals surface area contributed by atoms with Crippen molar-refractivity contribution in [3.8, 4) is 23.0 Å². The van der Waals surface area contributed by atoms with Gasteiger partial charge >= 0.3 is 5.97 Å². The number of aromatic hydroxyl groups is 1.